The van der Waals surface area contributed by atoms with Crippen LogP contribution in [0, 0.1) is 5.82 Å². The minimum Gasteiger partial charge on any atom is -0.323 e. The summed E-state index contributed by atoms with van der Waals surface area (Å²) >= 11 is 0. The monoisotopic (exact) mass is 366 g/mol. The molecule has 1 N–H and O–H groups in total. The van der Waals surface area contributed by atoms with Gasteiger partial charge in [0.05, 0.1) is 0 Å². The number of halogens is 1. The standard InChI is InChI=1S/C23H27FN2O/c1-26(22-8-3-2-4-9-22)17-19-6-5-7-21(16-19)25-23(27)15-12-18-10-13-20(24)14-11-18/h5-7,10-16,22H,2-4,8-9,17H2,1H3,(H,25,27)/b15-12+. The maximum absolute atomic E-state index is 12.9. The Bertz CT molecular complexity index is 779. The van der Waals surface area contributed by atoms with Crippen molar-refractivity contribution in [3.05, 3.63) is 71.6 Å². The highest BCUT2D eigenvalue weighted by molar-refractivity contribution is 6.01. The van der Waals surface area contributed by atoms with Crippen molar-refractivity contribution in [2.24, 2.45) is 0 Å². The Morgan fingerprint density at radius 2 is 1.89 bits per heavy atom. The second kappa shape index (κ2) is 9.47. The van der Waals surface area contributed by atoms with E-state index in [1.165, 1.54) is 55.9 Å². The summed E-state index contributed by atoms with van der Waals surface area (Å²) in [7, 11) is 2.19. The lowest BCUT2D eigenvalue weighted by molar-refractivity contribution is -0.111. The summed E-state index contributed by atoms with van der Waals surface area (Å²) in [5.74, 6) is -0.483. The molecule has 0 aromatic heterocycles. The van der Waals surface area contributed by atoms with Gasteiger partial charge in [-0.2, -0.15) is 0 Å². The fraction of sp³-hybridized carbons (Fsp3) is 0.348. The minimum absolute atomic E-state index is 0.197. The van der Waals surface area contributed by atoms with Crippen molar-refractivity contribution in [3.63, 3.8) is 0 Å². The van der Waals surface area contributed by atoms with Crippen LogP contribution in [0.1, 0.15) is 43.2 Å². The van der Waals surface area contributed by atoms with E-state index in [9.17, 15) is 9.18 Å². The Kier molecular flexibility index (Phi) is 6.77. The summed E-state index contributed by atoms with van der Waals surface area (Å²) in [6, 6.07) is 14.7. The largest absolute Gasteiger partial charge is 0.323 e. The molecule has 2 aromatic carbocycles. The molecule has 27 heavy (non-hydrogen) atoms. The van der Waals surface area contributed by atoms with Gasteiger partial charge in [0.1, 0.15) is 5.82 Å². The molecule has 0 spiro atoms. The lowest BCUT2D eigenvalue weighted by Crippen LogP contribution is -2.32. The van der Waals surface area contributed by atoms with Crippen molar-refractivity contribution < 1.29 is 9.18 Å². The van der Waals surface area contributed by atoms with Crippen molar-refractivity contribution in [1.29, 1.82) is 0 Å². The third kappa shape index (κ3) is 6.04. The van der Waals surface area contributed by atoms with Crippen molar-refractivity contribution in [2.45, 2.75) is 44.7 Å². The molecule has 0 saturated heterocycles. The first-order valence-electron chi connectivity index (χ1n) is 9.64. The van der Waals surface area contributed by atoms with Crippen LogP contribution in [-0.2, 0) is 11.3 Å². The zero-order chi connectivity index (χ0) is 19.1. The highest BCUT2D eigenvalue weighted by atomic mass is 19.1. The van der Waals surface area contributed by atoms with Gasteiger partial charge in [0.15, 0.2) is 0 Å². The lowest BCUT2D eigenvalue weighted by Gasteiger charge is -2.31. The Labute approximate surface area is 160 Å². The number of hydrogen-bond donors (Lipinski definition) is 1. The zero-order valence-electron chi connectivity index (χ0n) is 15.8. The van der Waals surface area contributed by atoms with Crippen LogP contribution in [0.2, 0.25) is 0 Å². The Hall–Kier alpha value is -2.46. The number of carbonyl (C=O) groups excluding carboxylic acids is 1. The van der Waals surface area contributed by atoms with E-state index in [1.807, 2.05) is 18.2 Å². The summed E-state index contributed by atoms with van der Waals surface area (Å²) in [4.78, 5) is 14.6. The van der Waals surface area contributed by atoms with Crippen molar-refractivity contribution in [3.8, 4) is 0 Å². The number of benzene rings is 2. The highest BCUT2D eigenvalue weighted by Gasteiger charge is 2.17. The molecule has 0 aliphatic heterocycles. The van der Waals surface area contributed by atoms with Gasteiger partial charge in [0.25, 0.3) is 0 Å². The van der Waals surface area contributed by atoms with Crippen molar-refractivity contribution in [1.82, 2.24) is 4.90 Å². The molecule has 1 aliphatic rings. The quantitative estimate of drug-likeness (QED) is 0.709. The molecule has 0 unspecified atom stereocenters. The first kappa shape index (κ1) is 19.3. The maximum atomic E-state index is 12.9. The summed E-state index contributed by atoms with van der Waals surface area (Å²) in [6.07, 6.45) is 9.71. The first-order valence-corrected chi connectivity index (χ1v) is 9.64. The molecule has 0 heterocycles. The fourth-order valence-corrected chi connectivity index (χ4v) is 3.62. The van der Waals surface area contributed by atoms with Crippen molar-refractivity contribution >= 4 is 17.7 Å². The number of nitrogens with zero attached hydrogens (tertiary/aromatic N) is 1. The van der Waals surface area contributed by atoms with Gasteiger partial charge < -0.3 is 5.32 Å². The zero-order valence-corrected chi connectivity index (χ0v) is 15.8. The van der Waals surface area contributed by atoms with E-state index in [-0.39, 0.29) is 11.7 Å². The number of amides is 1. The molecule has 0 bridgehead atoms. The smallest absolute Gasteiger partial charge is 0.248 e. The summed E-state index contributed by atoms with van der Waals surface area (Å²) in [5.41, 5.74) is 2.77. The van der Waals surface area contributed by atoms with E-state index in [1.54, 1.807) is 18.2 Å². The van der Waals surface area contributed by atoms with Gasteiger partial charge >= 0.3 is 0 Å². The lowest BCUT2D eigenvalue weighted by atomic mass is 9.94. The molecule has 1 amide bonds. The summed E-state index contributed by atoms with van der Waals surface area (Å²) < 4.78 is 12.9. The van der Waals surface area contributed by atoms with Crippen molar-refractivity contribution in [2.75, 3.05) is 12.4 Å². The number of rotatable bonds is 6. The van der Waals surface area contributed by atoms with E-state index in [0.29, 0.717) is 6.04 Å². The molecule has 3 rings (SSSR count). The second-order valence-corrected chi connectivity index (χ2v) is 7.28. The molecule has 4 heteroatoms. The van der Waals surface area contributed by atoms with Gasteiger partial charge in [-0.1, -0.05) is 43.5 Å². The van der Waals surface area contributed by atoms with Crippen LogP contribution in [0.5, 0.6) is 0 Å². The molecule has 1 fully saturated rings. The van der Waals surface area contributed by atoms with Gasteiger partial charge in [0, 0.05) is 24.4 Å². The number of nitrogens with one attached hydrogen (secondary N) is 1. The molecule has 1 saturated carbocycles. The van der Waals surface area contributed by atoms with Crippen LogP contribution in [0.4, 0.5) is 10.1 Å². The third-order valence-corrected chi connectivity index (χ3v) is 5.12. The Morgan fingerprint density at radius 1 is 1.15 bits per heavy atom. The Balaban J connectivity index is 1.56. The number of carbonyl (C=O) groups is 1. The first-order chi connectivity index (χ1) is 13.1. The van der Waals surface area contributed by atoms with Crippen LogP contribution >= 0.6 is 0 Å². The normalized spacial score (nSPS) is 15.4. The van der Waals surface area contributed by atoms with Gasteiger partial charge in [-0.15, -0.1) is 0 Å². The number of hydrogen-bond acceptors (Lipinski definition) is 2. The predicted octanol–water partition coefficient (Wildman–Crippen LogP) is 5.24. The minimum atomic E-state index is -0.286. The maximum Gasteiger partial charge on any atom is 0.248 e. The van der Waals surface area contributed by atoms with Gasteiger partial charge in [-0.05, 0) is 61.4 Å². The van der Waals surface area contributed by atoms with E-state index < -0.39 is 0 Å². The van der Waals surface area contributed by atoms with Gasteiger partial charge in [0.2, 0.25) is 5.91 Å². The molecule has 2 aromatic rings. The summed E-state index contributed by atoms with van der Waals surface area (Å²) in [6.45, 7) is 0.889. The van der Waals surface area contributed by atoms with E-state index in [4.69, 9.17) is 0 Å². The third-order valence-electron chi connectivity index (χ3n) is 5.12. The van der Waals surface area contributed by atoms with Crippen LogP contribution in [-0.4, -0.2) is 23.9 Å². The average Bonchev–Trinajstić information content (AvgIpc) is 2.68. The van der Waals surface area contributed by atoms with Gasteiger partial charge in [-0.3, -0.25) is 9.69 Å². The van der Waals surface area contributed by atoms with E-state index >= 15 is 0 Å². The molecular formula is C23H27FN2O. The second-order valence-electron chi connectivity index (χ2n) is 7.28. The topological polar surface area (TPSA) is 32.3 Å². The molecule has 0 radical (unpaired) electrons. The molecule has 142 valence electrons. The SMILES string of the molecule is CN(Cc1cccc(NC(=O)/C=C/c2ccc(F)cc2)c1)C1CCCCC1. The van der Waals surface area contributed by atoms with Crippen LogP contribution in [0.3, 0.4) is 0 Å². The molecule has 3 nitrogen and oxygen atoms in total. The predicted molar refractivity (Wildman–Crippen MR) is 109 cm³/mol. The van der Waals surface area contributed by atoms with Crippen LogP contribution in [0.15, 0.2) is 54.6 Å². The fourth-order valence-electron chi connectivity index (χ4n) is 3.62. The van der Waals surface area contributed by atoms with E-state index in [0.717, 1.165) is 17.8 Å². The summed E-state index contributed by atoms with van der Waals surface area (Å²) in [5, 5.41) is 2.90. The van der Waals surface area contributed by atoms with Crippen LogP contribution in [0.25, 0.3) is 6.08 Å². The molecular weight excluding hydrogens is 339 g/mol. The molecule has 0 atom stereocenters. The van der Waals surface area contributed by atoms with E-state index in [2.05, 4.69) is 23.3 Å². The van der Waals surface area contributed by atoms with Gasteiger partial charge in [-0.25, -0.2) is 4.39 Å². The highest BCUT2D eigenvalue weighted by Crippen LogP contribution is 2.23. The average molecular weight is 366 g/mol. The molecule has 1 aliphatic carbocycles. The number of anilines is 1. The Morgan fingerprint density at radius 3 is 2.63 bits per heavy atom. The van der Waals surface area contributed by atoms with Crippen LogP contribution < -0.4 is 5.32 Å².